The average Bonchev–Trinajstić information content (AvgIpc) is 2.67. The molecule has 0 aliphatic carbocycles. The number of nitrogens with one attached hydrogen (secondary N) is 1. The lowest BCUT2D eigenvalue weighted by Crippen LogP contribution is -2.47. The standard InChI is InChI=1S/C18H22ClN5O/c19-16-4-2-15(3-5-16)14-22-17(25)6-9-23-10-12-24(13-11-23)18-20-7-1-8-21-18/h1-5,7-8H,6,9-14H2,(H,22,25). The van der Waals surface area contributed by atoms with Crippen molar-refractivity contribution >= 4 is 23.5 Å². The van der Waals surface area contributed by atoms with Crippen LogP contribution in [0.4, 0.5) is 5.95 Å². The van der Waals surface area contributed by atoms with Crippen LogP contribution in [0, 0.1) is 0 Å². The first-order valence-corrected chi connectivity index (χ1v) is 8.84. The van der Waals surface area contributed by atoms with Crippen LogP contribution in [0.5, 0.6) is 0 Å². The fourth-order valence-corrected chi connectivity index (χ4v) is 2.90. The average molecular weight is 360 g/mol. The van der Waals surface area contributed by atoms with E-state index >= 15 is 0 Å². The van der Waals surface area contributed by atoms with E-state index in [0.717, 1.165) is 44.2 Å². The summed E-state index contributed by atoms with van der Waals surface area (Å²) in [7, 11) is 0. The summed E-state index contributed by atoms with van der Waals surface area (Å²) in [5.74, 6) is 0.853. The third-order valence-corrected chi connectivity index (χ3v) is 4.52. The summed E-state index contributed by atoms with van der Waals surface area (Å²) in [5, 5.41) is 3.66. The number of hydrogen-bond donors (Lipinski definition) is 1. The summed E-state index contributed by atoms with van der Waals surface area (Å²) in [4.78, 5) is 25.1. The normalized spacial score (nSPS) is 15.2. The molecule has 0 atom stereocenters. The van der Waals surface area contributed by atoms with Crippen molar-refractivity contribution in [3.05, 3.63) is 53.3 Å². The summed E-state index contributed by atoms with van der Waals surface area (Å²) < 4.78 is 0. The summed E-state index contributed by atoms with van der Waals surface area (Å²) >= 11 is 5.86. The zero-order valence-corrected chi connectivity index (χ0v) is 14.8. The quantitative estimate of drug-likeness (QED) is 0.854. The Morgan fingerprint density at radius 2 is 1.76 bits per heavy atom. The molecule has 25 heavy (non-hydrogen) atoms. The molecule has 1 amide bonds. The van der Waals surface area contributed by atoms with E-state index < -0.39 is 0 Å². The molecule has 1 aromatic heterocycles. The van der Waals surface area contributed by atoms with E-state index in [1.807, 2.05) is 30.3 Å². The van der Waals surface area contributed by atoms with Crippen molar-refractivity contribution in [2.75, 3.05) is 37.6 Å². The maximum Gasteiger partial charge on any atom is 0.225 e. The fraction of sp³-hybridized carbons (Fsp3) is 0.389. The van der Waals surface area contributed by atoms with Crippen LogP contribution >= 0.6 is 11.6 Å². The van der Waals surface area contributed by atoms with E-state index in [1.54, 1.807) is 12.4 Å². The zero-order chi connectivity index (χ0) is 17.5. The van der Waals surface area contributed by atoms with Crippen LogP contribution in [-0.4, -0.2) is 53.5 Å². The first-order chi connectivity index (χ1) is 12.2. The smallest absolute Gasteiger partial charge is 0.225 e. The molecule has 0 bridgehead atoms. The highest BCUT2D eigenvalue weighted by molar-refractivity contribution is 6.30. The second-order valence-electron chi connectivity index (χ2n) is 6.03. The van der Waals surface area contributed by atoms with Crippen molar-refractivity contribution < 1.29 is 4.79 Å². The number of benzene rings is 1. The number of nitrogens with zero attached hydrogens (tertiary/aromatic N) is 4. The van der Waals surface area contributed by atoms with Crippen molar-refractivity contribution in [2.24, 2.45) is 0 Å². The van der Waals surface area contributed by atoms with E-state index in [9.17, 15) is 4.79 Å². The Morgan fingerprint density at radius 1 is 1.08 bits per heavy atom. The molecule has 2 aromatic rings. The number of aromatic nitrogens is 2. The van der Waals surface area contributed by atoms with Gasteiger partial charge in [0.25, 0.3) is 0 Å². The number of rotatable bonds is 6. The molecule has 132 valence electrons. The summed E-state index contributed by atoms with van der Waals surface area (Å²) in [6.07, 6.45) is 4.04. The molecule has 6 nitrogen and oxygen atoms in total. The second-order valence-corrected chi connectivity index (χ2v) is 6.47. The van der Waals surface area contributed by atoms with Gasteiger partial charge in [-0.25, -0.2) is 9.97 Å². The minimum atomic E-state index is 0.0729. The molecule has 0 radical (unpaired) electrons. The number of halogens is 1. The van der Waals surface area contributed by atoms with Crippen molar-refractivity contribution in [3.63, 3.8) is 0 Å². The van der Waals surface area contributed by atoms with Gasteiger partial charge in [-0.15, -0.1) is 0 Å². The Labute approximate surface area is 152 Å². The third kappa shape index (κ3) is 5.41. The number of hydrogen-bond acceptors (Lipinski definition) is 5. The molecule has 1 saturated heterocycles. The zero-order valence-electron chi connectivity index (χ0n) is 14.1. The first-order valence-electron chi connectivity index (χ1n) is 8.46. The van der Waals surface area contributed by atoms with Crippen molar-refractivity contribution in [1.82, 2.24) is 20.2 Å². The Morgan fingerprint density at radius 3 is 2.44 bits per heavy atom. The molecule has 1 N–H and O–H groups in total. The summed E-state index contributed by atoms with van der Waals surface area (Å²) in [5.41, 5.74) is 1.05. The number of piperazine rings is 1. The molecule has 0 spiro atoms. The molecular formula is C18H22ClN5O. The lowest BCUT2D eigenvalue weighted by Gasteiger charge is -2.34. The van der Waals surface area contributed by atoms with E-state index in [4.69, 9.17) is 11.6 Å². The molecule has 7 heteroatoms. The van der Waals surface area contributed by atoms with Gasteiger partial charge in [0.2, 0.25) is 11.9 Å². The van der Waals surface area contributed by atoms with Crippen LogP contribution in [0.1, 0.15) is 12.0 Å². The van der Waals surface area contributed by atoms with Crippen LogP contribution in [0.25, 0.3) is 0 Å². The van der Waals surface area contributed by atoms with Gasteiger partial charge in [0.05, 0.1) is 0 Å². The van der Waals surface area contributed by atoms with Crippen molar-refractivity contribution in [3.8, 4) is 0 Å². The minimum absolute atomic E-state index is 0.0729. The van der Waals surface area contributed by atoms with Gasteiger partial charge in [0.15, 0.2) is 0 Å². The Hall–Kier alpha value is -2.18. The predicted molar refractivity (Wildman–Crippen MR) is 98.6 cm³/mol. The van der Waals surface area contributed by atoms with Gasteiger partial charge in [0, 0.05) is 63.1 Å². The van der Waals surface area contributed by atoms with Crippen LogP contribution in [0.15, 0.2) is 42.7 Å². The molecule has 2 heterocycles. The maximum absolute atomic E-state index is 12.0. The van der Waals surface area contributed by atoms with Crippen molar-refractivity contribution in [1.29, 1.82) is 0 Å². The highest BCUT2D eigenvalue weighted by Crippen LogP contribution is 2.10. The monoisotopic (exact) mass is 359 g/mol. The molecule has 1 aromatic carbocycles. The van der Waals surface area contributed by atoms with E-state index in [0.29, 0.717) is 18.0 Å². The van der Waals surface area contributed by atoms with Gasteiger partial charge in [-0.05, 0) is 23.8 Å². The van der Waals surface area contributed by atoms with Gasteiger partial charge < -0.3 is 10.2 Å². The van der Waals surface area contributed by atoms with Crippen LogP contribution < -0.4 is 10.2 Å². The SMILES string of the molecule is O=C(CCN1CCN(c2ncccn2)CC1)NCc1ccc(Cl)cc1. The molecule has 1 aliphatic heterocycles. The molecule has 1 aliphatic rings. The third-order valence-electron chi connectivity index (χ3n) is 4.27. The summed E-state index contributed by atoms with van der Waals surface area (Å²) in [6.45, 7) is 4.92. The van der Waals surface area contributed by atoms with Crippen molar-refractivity contribution in [2.45, 2.75) is 13.0 Å². The Kier molecular flexibility index (Phi) is 6.19. The maximum atomic E-state index is 12.0. The highest BCUT2D eigenvalue weighted by atomic mass is 35.5. The Bertz CT molecular complexity index is 672. The second kappa shape index (κ2) is 8.78. The molecule has 0 saturated carbocycles. The van der Waals surface area contributed by atoms with E-state index in [2.05, 4.69) is 25.1 Å². The lowest BCUT2D eigenvalue weighted by atomic mass is 10.2. The van der Waals surface area contributed by atoms with Gasteiger partial charge in [-0.1, -0.05) is 23.7 Å². The van der Waals surface area contributed by atoms with Gasteiger partial charge >= 0.3 is 0 Å². The predicted octanol–water partition coefficient (Wildman–Crippen LogP) is 1.96. The van der Waals surface area contributed by atoms with Crippen LogP contribution in [-0.2, 0) is 11.3 Å². The topological polar surface area (TPSA) is 61.4 Å². The molecule has 3 rings (SSSR count). The Balaban J connectivity index is 1.35. The van der Waals surface area contributed by atoms with Crippen LogP contribution in [0.2, 0.25) is 5.02 Å². The molecule has 1 fully saturated rings. The van der Waals surface area contributed by atoms with Gasteiger partial charge in [-0.3, -0.25) is 9.69 Å². The highest BCUT2D eigenvalue weighted by Gasteiger charge is 2.19. The number of anilines is 1. The molecular weight excluding hydrogens is 338 g/mol. The van der Waals surface area contributed by atoms with Gasteiger partial charge in [-0.2, -0.15) is 0 Å². The number of carbonyl (C=O) groups excluding carboxylic acids is 1. The number of amides is 1. The fourth-order valence-electron chi connectivity index (χ4n) is 2.78. The summed E-state index contributed by atoms with van der Waals surface area (Å²) in [6, 6.07) is 9.33. The van der Waals surface area contributed by atoms with E-state index in [1.165, 1.54) is 0 Å². The van der Waals surface area contributed by atoms with Gasteiger partial charge in [0.1, 0.15) is 0 Å². The number of carbonyl (C=O) groups is 1. The minimum Gasteiger partial charge on any atom is -0.352 e. The molecule has 0 unspecified atom stereocenters. The van der Waals surface area contributed by atoms with E-state index in [-0.39, 0.29) is 5.91 Å². The lowest BCUT2D eigenvalue weighted by molar-refractivity contribution is -0.121. The first kappa shape index (κ1) is 17.6. The largest absolute Gasteiger partial charge is 0.352 e. The van der Waals surface area contributed by atoms with Crippen LogP contribution in [0.3, 0.4) is 0 Å².